The number of rotatable bonds is 7. The van der Waals surface area contributed by atoms with Gasteiger partial charge in [-0.05, 0) is 25.0 Å². The number of ether oxygens (including phenoxy) is 1. The number of hydrogen-bond acceptors (Lipinski definition) is 3. The molecule has 0 radical (unpaired) electrons. The Balaban J connectivity index is 1.81. The van der Waals surface area contributed by atoms with Crippen molar-refractivity contribution in [3.8, 4) is 0 Å². The minimum atomic E-state index is -5.60. The van der Waals surface area contributed by atoms with E-state index < -0.39 is 18.7 Å². The van der Waals surface area contributed by atoms with E-state index in [1.54, 1.807) is 12.1 Å². The molecule has 1 heterocycles. The average Bonchev–Trinajstić information content (AvgIpc) is 3.19. The summed E-state index contributed by atoms with van der Waals surface area (Å²) >= 11 is 0. The van der Waals surface area contributed by atoms with E-state index in [-0.39, 0.29) is 6.61 Å². The Bertz CT molecular complexity index is 474. The molecule has 0 atom stereocenters. The maximum Gasteiger partial charge on any atom is 0.455 e. The molecule has 0 amide bonds. The first kappa shape index (κ1) is 16.1. The van der Waals surface area contributed by atoms with Crippen LogP contribution >= 0.6 is 0 Å². The first-order chi connectivity index (χ1) is 9.78. The lowest BCUT2D eigenvalue weighted by atomic mass is 10.3. The van der Waals surface area contributed by atoms with Gasteiger partial charge >= 0.3 is 12.1 Å². The van der Waals surface area contributed by atoms with Gasteiger partial charge in [-0.2, -0.15) is 22.0 Å². The van der Waals surface area contributed by atoms with Crippen molar-refractivity contribution in [1.29, 1.82) is 0 Å². The monoisotopic (exact) mass is 310 g/mol. The largest absolute Gasteiger partial charge is 0.455 e. The van der Waals surface area contributed by atoms with E-state index in [1.807, 2.05) is 0 Å². The number of nitrogens with one attached hydrogen (secondary N) is 1. The van der Waals surface area contributed by atoms with Crippen LogP contribution in [0.5, 0.6) is 0 Å². The zero-order valence-electron chi connectivity index (χ0n) is 11.1. The number of alkyl halides is 5. The van der Waals surface area contributed by atoms with Crippen LogP contribution < -0.4 is 5.32 Å². The first-order valence-electron chi connectivity index (χ1n) is 6.48. The molecule has 1 fully saturated rings. The molecule has 118 valence electrons. The maximum absolute atomic E-state index is 12.6. The highest BCUT2D eigenvalue weighted by atomic mass is 19.4. The van der Waals surface area contributed by atoms with Gasteiger partial charge in [0.1, 0.15) is 6.61 Å². The summed E-state index contributed by atoms with van der Waals surface area (Å²) in [6.07, 6.45) is -3.36. The summed E-state index contributed by atoms with van der Waals surface area (Å²) < 4.78 is 65.6. The smallest absolute Gasteiger partial charge is 0.369 e. The van der Waals surface area contributed by atoms with E-state index in [1.165, 1.54) is 6.07 Å². The summed E-state index contributed by atoms with van der Waals surface area (Å²) in [7, 11) is 0. The van der Waals surface area contributed by atoms with Crippen molar-refractivity contribution >= 4 is 0 Å². The Morgan fingerprint density at radius 3 is 2.43 bits per heavy atom. The van der Waals surface area contributed by atoms with Gasteiger partial charge in [0.25, 0.3) is 0 Å². The third kappa shape index (κ3) is 4.89. The molecule has 8 heteroatoms. The summed E-state index contributed by atoms with van der Waals surface area (Å²) in [5.41, 5.74) is 1.02. The summed E-state index contributed by atoms with van der Waals surface area (Å²) in [6, 6.07) is 5.43. The predicted octanol–water partition coefficient (Wildman–Crippen LogP) is 3.05. The highest BCUT2D eigenvalue weighted by Crippen LogP contribution is 2.35. The van der Waals surface area contributed by atoms with E-state index >= 15 is 0 Å². The number of halogens is 5. The number of hydrogen-bond donors (Lipinski definition) is 1. The lowest BCUT2D eigenvalue weighted by Crippen LogP contribution is -2.40. The molecule has 1 aromatic heterocycles. The predicted molar refractivity (Wildman–Crippen MR) is 64.8 cm³/mol. The first-order valence-corrected chi connectivity index (χ1v) is 6.48. The quantitative estimate of drug-likeness (QED) is 0.786. The lowest BCUT2D eigenvalue weighted by molar-refractivity contribution is -0.297. The van der Waals surface area contributed by atoms with Crippen molar-refractivity contribution in [2.45, 2.75) is 44.1 Å². The molecule has 2 rings (SSSR count). The van der Waals surface area contributed by atoms with E-state index in [2.05, 4.69) is 15.0 Å². The number of aromatic nitrogens is 1. The van der Waals surface area contributed by atoms with E-state index in [4.69, 9.17) is 0 Å². The fraction of sp³-hybridized carbons (Fsp3) is 0.615. The molecule has 0 spiro atoms. The van der Waals surface area contributed by atoms with Crippen molar-refractivity contribution in [3.05, 3.63) is 29.6 Å². The van der Waals surface area contributed by atoms with Gasteiger partial charge in [-0.25, -0.2) is 0 Å². The molecule has 0 saturated heterocycles. The minimum Gasteiger partial charge on any atom is -0.369 e. The fourth-order valence-electron chi connectivity index (χ4n) is 1.61. The van der Waals surface area contributed by atoms with Gasteiger partial charge in [0.15, 0.2) is 0 Å². The molecule has 1 aliphatic rings. The second-order valence-corrected chi connectivity index (χ2v) is 4.97. The van der Waals surface area contributed by atoms with E-state index in [0.29, 0.717) is 24.0 Å². The minimum absolute atomic E-state index is 0.322. The Hall–Kier alpha value is -1.28. The normalized spacial score (nSPS) is 16.2. The summed E-state index contributed by atoms with van der Waals surface area (Å²) in [5.74, 6) is -4.85. The molecule has 1 aliphatic carbocycles. The van der Waals surface area contributed by atoms with Crippen molar-refractivity contribution in [1.82, 2.24) is 10.3 Å². The Morgan fingerprint density at radius 1 is 1.14 bits per heavy atom. The van der Waals surface area contributed by atoms with Gasteiger partial charge in [-0.15, -0.1) is 0 Å². The molecule has 1 aromatic rings. The summed E-state index contributed by atoms with van der Waals surface area (Å²) in [5, 5.41) is 3.23. The second-order valence-electron chi connectivity index (χ2n) is 4.97. The Labute approximate surface area is 118 Å². The van der Waals surface area contributed by atoms with Crippen LogP contribution in [0, 0.1) is 0 Å². The van der Waals surface area contributed by atoms with Gasteiger partial charge < -0.3 is 10.1 Å². The highest BCUT2D eigenvalue weighted by Gasteiger charge is 2.57. The SMILES string of the molecule is FC(F)(F)C(F)(F)COCc1cccc(CNC2CC2)n1. The third-order valence-corrected chi connectivity index (χ3v) is 2.96. The number of pyridine rings is 1. The van der Waals surface area contributed by atoms with E-state index in [9.17, 15) is 22.0 Å². The molecular weight excluding hydrogens is 295 g/mol. The van der Waals surface area contributed by atoms with Crippen molar-refractivity contribution in [3.63, 3.8) is 0 Å². The third-order valence-electron chi connectivity index (χ3n) is 2.96. The van der Waals surface area contributed by atoms with Crippen LogP contribution in [-0.2, 0) is 17.9 Å². The molecule has 0 bridgehead atoms. The average molecular weight is 310 g/mol. The number of nitrogens with zero attached hydrogens (tertiary/aromatic N) is 1. The molecular formula is C13H15F5N2O. The Morgan fingerprint density at radius 2 is 1.81 bits per heavy atom. The standard InChI is InChI=1S/C13H15F5N2O/c14-12(15,13(16,17)18)8-21-7-11-3-1-2-10(20-11)6-19-9-4-5-9/h1-3,9,19H,4-8H2. The van der Waals surface area contributed by atoms with Crippen LogP contribution in [0.4, 0.5) is 22.0 Å². The zero-order chi connectivity index (χ0) is 15.5. The van der Waals surface area contributed by atoms with Crippen molar-refractivity contribution in [2.24, 2.45) is 0 Å². The molecule has 0 aliphatic heterocycles. The van der Waals surface area contributed by atoms with Crippen LogP contribution in [0.1, 0.15) is 24.2 Å². The fourth-order valence-corrected chi connectivity index (χ4v) is 1.61. The topological polar surface area (TPSA) is 34.1 Å². The Kier molecular flexibility index (Phi) is 4.77. The van der Waals surface area contributed by atoms with Crippen LogP contribution in [-0.4, -0.2) is 29.7 Å². The summed E-state index contributed by atoms with van der Waals surface area (Å²) in [6.45, 7) is -1.55. The van der Waals surface area contributed by atoms with Crippen LogP contribution in [0.2, 0.25) is 0 Å². The van der Waals surface area contributed by atoms with Crippen molar-refractivity contribution < 1.29 is 26.7 Å². The lowest BCUT2D eigenvalue weighted by Gasteiger charge is -2.19. The van der Waals surface area contributed by atoms with Gasteiger partial charge in [0.05, 0.1) is 18.0 Å². The molecule has 1 N–H and O–H groups in total. The van der Waals surface area contributed by atoms with Crippen LogP contribution in [0.3, 0.4) is 0 Å². The van der Waals surface area contributed by atoms with Gasteiger partial charge in [-0.1, -0.05) is 6.07 Å². The summed E-state index contributed by atoms with van der Waals surface area (Å²) in [4.78, 5) is 4.14. The van der Waals surface area contributed by atoms with Gasteiger partial charge in [-0.3, -0.25) is 4.98 Å². The van der Waals surface area contributed by atoms with E-state index in [0.717, 1.165) is 12.8 Å². The molecule has 1 saturated carbocycles. The maximum atomic E-state index is 12.6. The second kappa shape index (κ2) is 6.23. The van der Waals surface area contributed by atoms with Crippen LogP contribution in [0.25, 0.3) is 0 Å². The van der Waals surface area contributed by atoms with Crippen molar-refractivity contribution in [2.75, 3.05) is 6.61 Å². The molecule has 3 nitrogen and oxygen atoms in total. The molecule has 0 aromatic carbocycles. The molecule has 0 unspecified atom stereocenters. The van der Waals surface area contributed by atoms with Gasteiger partial charge in [0.2, 0.25) is 0 Å². The van der Waals surface area contributed by atoms with Gasteiger partial charge in [0, 0.05) is 12.6 Å². The highest BCUT2D eigenvalue weighted by molar-refractivity contribution is 5.11. The zero-order valence-corrected chi connectivity index (χ0v) is 11.1. The molecule has 21 heavy (non-hydrogen) atoms. The van der Waals surface area contributed by atoms with Crippen LogP contribution in [0.15, 0.2) is 18.2 Å².